The van der Waals surface area contributed by atoms with E-state index in [0.717, 1.165) is 12.3 Å². The fraction of sp³-hybridized carbons (Fsp3) is 0.0833. The predicted octanol–water partition coefficient (Wildman–Crippen LogP) is 3.81. The molecule has 0 radical (unpaired) electrons. The second kappa shape index (κ2) is 5.52. The lowest BCUT2D eigenvalue weighted by Crippen LogP contribution is -1.96. The van der Waals surface area contributed by atoms with Crippen molar-refractivity contribution in [3.05, 3.63) is 51.9 Å². The Morgan fingerprint density at radius 3 is 2.83 bits per heavy atom. The minimum absolute atomic E-state index is 0.0862. The molecule has 0 atom stereocenters. The van der Waals surface area contributed by atoms with Gasteiger partial charge in [0, 0.05) is 5.56 Å². The molecule has 0 saturated carbocycles. The highest BCUT2D eigenvalue weighted by atomic mass is 35.5. The maximum absolute atomic E-state index is 12.9. The van der Waals surface area contributed by atoms with Crippen molar-refractivity contribution in [3.63, 3.8) is 0 Å². The van der Waals surface area contributed by atoms with Gasteiger partial charge in [0.1, 0.15) is 16.6 Å². The molecule has 0 aliphatic heterocycles. The summed E-state index contributed by atoms with van der Waals surface area (Å²) in [5.41, 5.74) is 0.228. The zero-order valence-electron chi connectivity index (χ0n) is 9.03. The van der Waals surface area contributed by atoms with Gasteiger partial charge < -0.3 is 9.84 Å². The number of aromatic nitrogens is 1. The van der Waals surface area contributed by atoms with Crippen LogP contribution in [0.15, 0.2) is 30.5 Å². The van der Waals surface area contributed by atoms with E-state index in [1.165, 1.54) is 0 Å². The van der Waals surface area contributed by atoms with E-state index in [9.17, 15) is 4.39 Å². The van der Waals surface area contributed by atoms with Gasteiger partial charge in [-0.25, -0.2) is 9.37 Å². The third kappa shape index (κ3) is 2.72. The third-order valence-corrected chi connectivity index (χ3v) is 2.99. The monoisotopic (exact) mass is 287 g/mol. The van der Waals surface area contributed by atoms with E-state index in [2.05, 4.69) is 4.98 Å². The molecule has 0 aliphatic rings. The molecule has 1 aromatic carbocycles. The van der Waals surface area contributed by atoms with Gasteiger partial charge in [-0.05, 0) is 18.2 Å². The van der Waals surface area contributed by atoms with Gasteiger partial charge in [-0.1, -0.05) is 29.3 Å². The Balaban J connectivity index is 2.37. The number of pyridine rings is 1. The van der Waals surface area contributed by atoms with Crippen LogP contribution in [-0.4, -0.2) is 10.1 Å². The van der Waals surface area contributed by atoms with Gasteiger partial charge in [-0.2, -0.15) is 0 Å². The summed E-state index contributed by atoms with van der Waals surface area (Å²) in [4.78, 5) is 3.76. The fourth-order valence-corrected chi connectivity index (χ4v) is 1.67. The zero-order chi connectivity index (χ0) is 13.1. The molecule has 2 rings (SSSR count). The highest BCUT2D eigenvalue weighted by Gasteiger charge is 2.11. The number of nitrogens with zero attached hydrogens (tertiary/aromatic N) is 1. The van der Waals surface area contributed by atoms with Gasteiger partial charge in [0.25, 0.3) is 0 Å². The first-order valence-corrected chi connectivity index (χ1v) is 5.74. The van der Waals surface area contributed by atoms with Crippen LogP contribution in [0.2, 0.25) is 10.0 Å². The molecule has 0 bridgehead atoms. The first kappa shape index (κ1) is 13.1. The average molecular weight is 288 g/mol. The Hall–Kier alpha value is -1.36. The molecule has 1 heterocycles. The molecule has 6 heteroatoms. The summed E-state index contributed by atoms with van der Waals surface area (Å²) in [5, 5.41) is 9.66. The molecule has 18 heavy (non-hydrogen) atoms. The SMILES string of the molecule is OCc1cc(F)cnc1Oc1cccc(Cl)c1Cl. The van der Waals surface area contributed by atoms with Crippen LogP contribution in [0.1, 0.15) is 5.56 Å². The van der Waals surface area contributed by atoms with Crippen molar-refractivity contribution in [3.8, 4) is 11.6 Å². The number of ether oxygens (including phenoxy) is 1. The van der Waals surface area contributed by atoms with Crippen molar-refractivity contribution in [1.29, 1.82) is 0 Å². The lowest BCUT2D eigenvalue weighted by atomic mass is 10.3. The molecular weight excluding hydrogens is 280 g/mol. The molecule has 0 saturated heterocycles. The minimum Gasteiger partial charge on any atom is -0.437 e. The maximum Gasteiger partial charge on any atom is 0.225 e. The van der Waals surface area contributed by atoms with Gasteiger partial charge in [0.05, 0.1) is 17.8 Å². The largest absolute Gasteiger partial charge is 0.437 e. The summed E-state index contributed by atoms with van der Waals surface area (Å²) in [7, 11) is 0. The highest BCUT2D eigenvalue weighted by Crippen LogP contribution is 2.34. The molecule has 1 aromatic heterocycles. The van der Waals surface area contributed by atoms with Crippen molar-refractivity contribution >= 4 is 23.2 Å². The minimum atomic E-state index is -0.552. The van der Waals surface area contributed by atoms with E-state index in [0.29, 0.717) is 5.02 Å². The van der Waals surface area contributed by atoms with E-state index in [1.807, 2.05) is 0 Å². The summed E-state index contributed by atoms with van der Waals surface area (Å²) in [6, 6.07) is 6.01. The Labute approximate surface area is 113 Å². The number of aliphatic hydroxyl groups excluding tert-OH is 1. The summed E-state index contributed by atoms with van der Waals surface area (Å²) in [6.07, 6.45) is 0.993. The molecule has 2 aromatic rings. The van der Waals surface area contributed by atoms with E-state index in [-0.39, 0.29) is 22.2 Å². The number of aliphatic hydroxyl groups is 1. The zero-order valence-corrected chi connectivity index (χ0v) is 10.5. The van der Waals surface area contributed by atoms with E-state index >= 15 is 0 Å². The van der Waals surface area contributed by atoms with Gasteiger partial charge >= 0.3 is 0 Å². The summed E-state index contributed by atoms with van der Waals surface area (Å²) >= 11 is 11.8. The van der Waals surface area contributed by atoms with Crippen LogP contribution in [0.25, 0.3) is 0 Å². The molecule has 0 fully saturated rings. The van der Waals surface area contributed by atoms with Crippen molar-refractivity contribution in [2.24, 2.45) is 0 Å². The number of hydrogen-bond donors (Lipinski definition) is 1. The smallest absolute Gasteiger partial charge is 0.225 e. The first-order valence-electron chi connectivity index (χ1n) is 4.99. The second-order valence-corrected chi connectivity index (χ2v) is 4.22. The second-order valence-electron chi connectivity index (χ2n) is 3.43. The summed E-state index contributed by atoms with van der Waals surface area (Å²) in [6.45, 7) is -0.391. The number of hydrogen-bond acceptors (Lipinski definition) is 3. The molecule has 94 valence electrons. The molecule has 0 spiro atoms. The van der Waals surface area contributed by atoms with Crippen LogP contribution in [0.4, 0.5) is 4.39 Å². The van der Waals surface area contributed by atoms with Crippen LogP contribution in [0, 0.1) is 5.82 Å². The Morgan fingerprint density at radius 1 is 1.33 bits per heavy atom. The molecule has 0 unspecified atom stereocenters. The molecule has 0 amide bonds. The number of benzene rings is 1. The fourth-order valence-electron chi connectivity index (χ4n) is 1.34. The first-order chi connectivity index (χ1) is 8.61. The van der Waals surface area contributed by atoms with E-state index in [4.69, 9.17) is 33.0 Å². The topological polar surface area (TPSA) is 42.4 Å². The molecule has 0 aliphatic carbocycles. The van der Waals surface area contributed by atoms with Crippen molar-refractivity contribution in [2.75, 3.05) is 0 Å². The lowest BCUT2D eigenvalue weighted by molar-refractivity contribution is 0.274. The van der Waals surface area contributed by atoms with Crippen molar-refractivity contribution in [1.82, 2.24) is 4.98 Å². The third-order valence-electron chi connectivity index (χ3n) is 2.19. The molecular formula is C12H8Cl2FNO2. The number of halogens is 3. The van der Waals surface area contributed by atoms with E-state index < -0.39 is 12.4 Å². The van der Waals surface area contributed by atoms with Crippen LogP contribution in [0.3, 0.4) is 0 Å². The summed E-state index contributed by atoms with van der Waals surface area (Å²) < 4.78 is 18.4. The van der Waals surface area contributed by atoms with Gasteiger partial charge in [-0.15, -0.1) is 0 Å². The van der Waals surface area contributed by atoms with Gasteiger partial charge in [0.15, 0.2) is 0 Å². The maximum atomic E-state index is 12.9. The predicted molar refractivity (Wildman–Crippen MR) is 66.7 cm³/mol. The van der Waals surface area contributed by atoms with Crippen LogP contribution >= 0.6 is 23.2 Å². The van der Waals surface area contributed by atoms with E-state index in [1.54, 1.807) is 18.2 Å². The lowest BCUT2D eigenvalue weighted by Gasteiger charge is -2.10. The quantitative estimate of drug-likeness (QED) is 0.933. The Morgan fingerprint density at radius 2 is 2.11 bits per heavy atom. The molecule has 3 nitrogen and oxygen atoms in total. The normalized spacial score (nSPS) is 10.4. The van der Waals surface area contributed by atoms with Crippen LogP contribution in [-0.2, 0) is 6.61 Å². The Kier molecular flexibility index (Phi) is 4.01. The van der Waals surface area contributed by atoms with Crippen LogP contribution in [0.5, 0.6) is 11.6 Å². The van der Waals surface area contributed by atoms with Gasteiger partial charge in [0.2, 0.25) is 5.88 Å². The number of rotatable bonds is 3. The Bertz CT molecular complexity index is 578. The van der Waals surface area contributed by atoms with Crippen molar-refractivity contribution in [2.45, 2.75) is 6.61 Å². The average Bonchev–Trinajstić information content (AvgIpc) is 2.37. The van der Waals surface area contributed by atoms with Gasteiger partial charge in [-0.3, -0.25) is 0 Å². The van der Waals surface area contributed by atoms with Crippen LogP contribution < -0.4 is 4.74 Å². The highest BCUT2D eigenvalue weighted by molar-refractivity contribution is 6.42. The van der Waals surface area contributed by atoms with Crippen molar-refractivity contribution < 1.29 is 14.2 Å². The summed E-state index contributed by atoms with van der Waals surface area (Å²) in [5.74, 6) is -0.176. The molecule has 1 N–H and O–H groups in total. The standard InChI is InChI=1S/C12H8Cl2FNO2/c13-9-2-1-3-10(11(9)14)18-12-7(6-17)4-8(15)5-16-12/h1-5,17H,6H2.